The van der Waals surface area contributed by atoms with Crippen LogP contribution in [0.3, 0.4) is 0 Å². The van der Waals surface area contributed by atoms with Crippen molar-refractivity contribution in [3.8, 4) is 5.75 Å². The van der Waals surface area contributed by atoms with Crippen molar-refractivity contribution in [3.05, 3.63) is 95.3 Å². The maximum atomic E-state index is 13.9. The maximum Gasteiger partial charge on any atom is 0.335 e. The number of aromatic carboxylic acids is 1. The Balaban J connectivity index is 1.51. The van der Waals surface area contributed by atoms with E-state index in [0.29, 0.717) is 35.6 Å². The average Bonchev–Trinajstić information content (AvgIpc) is 2.92. The predicted molar refractivity (Wildman–Crippen MR) is 131 cm³/mol. The van der Waals surface area contributed by atoms with E-state index in [1.165, 1.54) is 0 Å². The third kappa shape index (κ3) is 3.81. The van der Waals surface area contributed by atoms with Gasteiger partial charge in [0.15, 0.2) is 0 Å². The van der Waals surface area contributed by atoms with Gasteiger partial charge in [0.2, 0.25) is 0 Å². The Morgan fingerprint density at radius 2 is 1.76 bits per heavy atom. The second kappa shape index (κ2) is 8.51. The zero-order valence-corrected chi connectivity index (χ0v) is 18.5. The number of carbonyl (C=O) groups excluding carboxylic acids is 1. The van der Waals surface area contributed by atoms with Crippen LogP contribution in [0.5, 0.6) is 5.75 Å². The largest absolute Gasteiger partial charge is 0.508 e. The number of carbonyl (C=O) groups is 2. The molecule has 1 unspecified atom stereocenters. The van der Waals surface area contributed by atoms with E-state index < -0.39 is 5.97 Å². The molecule has 1 amide bonds. The Labute approximate surface area is 196 Å². The molecule has 0 bridgehead atoms. The summed E-state index contributed by atoms with van der Waals surface area (Å²) in [7, 11) is 1.87. The topological polar surface area (TPSA) is 93.4 Å². The first-order chi connectivity index (χ1) is 16.4. The van der Waals surface area contributed by atoms with Crippen LogP contribution in [-0.2, 0) is 11.2 Å². The number of amides is 1. The van der Waals surface area contributed by atoms with Gasteiger partial charge in [0.1, 0.15) is 11.6 Å². The van der Waals surface area contributed by atoms with E-state index in [-0.39, 0.29) is 23.1 Å². The summed E-state index contributed by atoms with van der Waals surface area (Å²) in [6, 6.07) is 21.1. The van der Waals surface area contributed by atoms with Crippen molar-refractivity contribution >= 4 is 35.2 Å². The number of fused-ring (bicyclic) bond motifs is 1. The van der Waals surface area contributed by atoms with Gasteiger partial charge in [0, 0.05) is 30.9 Å². The van der Waals surface area contributed by atoms with Crippen molar-refractivity contribution in [2.45, 2.75) is 12.8 Å². The van der Waals surface area contributed by atoms with Crippen molar-refractivity contribution in [3.63, 3.8) is 0 Å². The summed E-state index contributed by atoms with van der Waals surface area (Å²) in [5.41, 5.74) is 3.87. The molecule has 0 saturated carbocycles. The minimum Gasteiger partial charge on any atom is -0.508 e. The number of anilines is 3. The molecule has 170 valence electrons. The Morgan fingerprint density at radius 3 is 2.47 bits per heavy atom. The van der Waals surface area contributed by atoms with Gasteiger partial charge in [-0.2, -0.15) is 0 Å². The van der Waals surface area contributed by atoms with Crippen molar-refractivity contribution in [2.75, 3.05) is 16.8 Å². The second-order valence-electron chi connectivity index (χ2n) is 8.46. The molecule has 1 atom stereocenters. The second-order valence-corrected chi connectivity index (χ2v) is 8.46. The van der Waals surface area contributed by atoms with Gasteiger partial charge in [-0.3, -0.25) is 9.69 Å². The lowest BCUT2D eigenvalue weighted by molar-refractivity contribution is -0.114. The fourth-order valence-electron chi connectivity index (χ4n) is 4.51. The van der Waals surface area contributed by atoms with Gasteiger partial charge in [-0.15, -0.1) is 0 Å². The number of para-hydroxylation sites is 1. The minimum atomic E-state index is -0.959. The van der Waals surface area contributed by atoms with E-state index in [0.717, 1.165) is 11.3 Å². The number of aromatic hydroxyl groups is 1. The van der Waals surface area contributed by atoms with Crippen molar-refractivity contribution < 1.29 is 19.8 Å². The molecule has 0 aliphatic carbocycles. The third-order valence-corrected chi connectivity index (χ3v) is 6.20. The first kappa shape index (κ1) is 21.5. The molecule has 2 heterocycles. The molecule has 5 rings (SSSR count). The molecule has 3 aromatic rings. The number of aliphatic imine (C=N–C) groups is 1. The number of phenols is 1. The standard InChI is InChI=1S/C27H23N3O4/c1-29-23-12-11-21(31)15-24(23)30(20-5-3-2-4-6-20)26(32)22-14-18(16-28-25(22)29)13-17-7-9-19(10-8-17)27(33)34/h2-12,15-16,18,31H,13-14H2,1H3,(H,33,34). The summed E-state index contributed by atoms with van der Waals surface area (Å²) in [4.78, 5) is 33.3. The highest BCUT2D eigenvalue weighted by atomic mass is 16.4. The molecule has 2 N–H and O–H groups in total. The van der Waals surface area contributed by atoms with Crippen LogP contribution in [0, 0.1) is 5.92 Å². The van der Waals surface area contributed by atoms with E-state index >= 15 is 0 Å². The van der Waals surface area contributed by atoms with Crippen LogP contribution in [0.25, 0.3) is 0 Å². The summed E-state index contributed by atoms with van der Waals surface area (Å²) in [5, 5.41) is 19.3. The molecule has 7 heteroatoms. The predicted octanol–water partition coefficient (Wildman–Crippen LogP) is 4.75. The Hall–Kier alpha value is -4.39. The van der Waals surface area contributed by atoms with Crippen LogP contribution in [0.2, 0.25) is 0 Å². The highest BCUT2D eigenvalue weighted by Gasteiger charge is 2.35. The minimum absolute atomic E-state index is 0.0148. The normalized spacial score (nSPS) is 17.3. The summed E-state index contributed by atoms with van der Waals surface area (Å²) in [6.45, 7) is 0. The molecule has 0 spiro atoms. The van der Waals surface area contributed by atoms with Gasteiger partial charge in [-0.05, 0) is 54.8 Å². The summed E-state index contributed by atoms with van der Waals surface area (Å²) in [5.74, 6) is -0.487. The van der Waals surface area contributed by atoms with Crippen LogP contribution in [0.15, 0.2) is 89.2 Å². The number of rotatable bonds is 4. The highest BCUT2D eigenvalue weighted by Crippen LogP contribution is 2.43. The maximum absolute atomic E-state index is 13.9. The number of hydrogen-bond donors (Lipinski definition) is 2. The molecule has 2 aliphatic rings. The lowest BCUT2D eigenvalue weighted by Gasteiger charge is -2.25. The van der Waals surface area contributed by atoms with Gasteiger partial charge < -0.3 is 15.1 Å². The van der Waals surface area contributed by atoms with E-state index in [4.69, 9.17) is 10.1 Å². The Bertz CT molecular complexity index is 1330. The molecule has 0 fully saturated rings. The monoisotopic (exact) mass is 453 g/mol. The van der Waals surface area contributed by atoms with Gasteiger partial charge in [0.05, 0.1) is 22.5 Å². The fourth-order valence-corrected chi connectivity index (χ4v) is 4.51. The molecular formula is C27H23N3O4. The van der Waals surface area contributed by atoms with E-state index in [9.17, 15) is 14.7 Å². The lowest BCUT2D eigenvalue weighted by Crippen LogP contribution is -2.30. The third-order valence-electron chi connectivity index (χ3n) is 6.20. The number of benzene rings is 3. The SMILES string of the molecule is CN1C2=C(CC(Cc3ccc(C(=O)O)cc3)C=N2)C(=O)N(c2ccccc2)c2cc(O)ccc21. The van der Waals surface area contributed by atoms with E-state index in [2.05, 4.69) is 0 Å². The molecule has 2 aliphatic heterocycles. The van der Waals surface area contributed by atoms with Crippen LogP contribution in [0.4, 0.5) is 17.1 Å². The van der Waals surface area contributed by atoms with Gasteiger partial charge in [0.25, 0.3) is 5.91 Å². The molecular weight excluding hydrogens is 430 g/mol. The number of hydrogen-bond acceptors (Lipinski definition) is 5. The quantitative estimate of drug-likeness (QED) is 0.595. The summed E-state index contributed by atoms with van der Waals surface area (Å²) >= 11 is 0. The summed E-state index contributed by atoms with van der Waals surface area (Å²) in [6.07, 6.45) is 2.99. The van der Waals surface area contributed by atoms with E-state index in [1.807, 2.05) is 48.5 Å². The Kier molecular flexibility index (Phi) is 5.37. The number of carboxylic acid groups (broad SMARTS) is 1. The first-order valence-corrected chi connectivity index (χ1v) is 11.0. The van der Waals surface area contributed by atoms with Crippen LogP contribution in [-0.4, -0.2) is 35.4 Å². The van der Waals surface area contributed by atoms with E-state index in [1.54, 1.807) is 47.4 Å². The van der Waals surface area contributed by atoms with Gasteiger partial charge in [-0.25, -0.2) is 9.79 Å². The van der Waals surface area contributed by atoms with Crippen molar-refractivity contribution in [1.29, 1.82) is 0 Å². The van der Waals surface area contributed by atoms with Crippen LogP contribution >= 0.6 is 0 Å². The zero-order chi connectivity index (χ0) is 23.8. The molecule has 0 radical (unpaired) electrons. The molecule has 0 aromatic heterocycles. The highest BCUT2D eigenvalue weighted by molar-refractivity contribution is 6.15. The average molecular weight is 453 g/mol. The lowest BCUT2D eigenvalue weighted by atomic mass is 9.90. The smallest absolute Gasteiger partial charge is 0.335 e. The van der Waals surface area contributed by atoms with Gasteiger partial charge in [-0.1, -0.05) is 30.3 Å². The molecule has 3 aromatic carbocycles. The molecule has 0 saturated heterocycles. The van der Waals surface area contributed by atoms with Crippen molar-refractivity contribution in [2.24, 2.45) is 10.9 Å². The van der Waals surface area contributed by atoms with Gasteiger partial charge >= 0.3 is 5.97 Å². The zero-order valence-electron chi connectivity index (χ0n) is 18.5. The van der Waals surface area contributed by atoms with Crippen molar-refractivity contribution in [1.82, 2.24) is 0 Å². The number of phenolic OH excluding ortho intramolecular Hbond substituents is 1. The number of nitrogens with zero attached hydrogens (tertiary/aromatic N) is 3. The van der Waals surface area contributed by atoms with Crippen LogP contribution < -0.4 is 9.80 Å². The molecule has 7 nitrogen and oxygen atoms in total. The van der Waals surface area contributed by atoms with Crippen LogP contribution in [0.1, 0.15) is 22.3 Å². The Morgan fingerprint density at radius 1 is 1.03 bits per heavy atom. The first-order valence-electron chi connectivity index (χ1n) is 11.0. The number of carboxylic acids is 1. The summed E-state index contributed by atoms with van der Waals surface area (Å²) < 4.78 is 0. The molecule has 34 heavy (non-hydrogen) atoms. The fraction of sp³-hybridized carbons (Fsp3) is 0.148.